The van der Waals surface area contributed by atoms with E-state index in [0.717, 1.165) is 0 Å². The minimum Gasteiger partial charge on any atom is -0.352 e. The Morgan fingerprint density at radius 3 is 2.88 bits per heavy atom. The van der Waals surface area contributed by atoms with Crippen LogP contribution < -0.4 is 5.32 Å². The third-order valence-corrected chi connectivity index (χ3v) is 2.72. The molecule has 0 aromatic heterocycles. The summed E-state index contributed by atoms with van der Waals surface area (Å²) in [7, 11) is 0. The molecule has 5 heteroatoms. The molecule has 1 aromatic carbocycles. The quantitative estimate of drug-likeness (QED) is 0.802. The molecule has 16 heavy (non-hydrogen) atoms. The molecule has 0 radical (unpaired) electrons. The molecule has 0 fully saturated rings. The van der Waals surface area contributed by atoms with Crippen LogP contribution in [0.25, 0.3) is 0 Å². The SMILES string of the molecule is Cc1cc(Cl)c(CNC(=O)CCS)cc1F. The highest BCUT2D eigenvalue weighted by atomic mass is 35.5. The van der Waals surface area contributed by atoms with Gasteiger partial charge in [0.1, 0.15) is 5.82 Å². The van der Waals surface area contributed by atoms with Crippen LogP contribution in [0.2, 0.25) is 5.02 Å². The fraction of sp³-hybridized carbons (Fsp3) is 0.364. The fourth-order valence-electron chi connectivity index (χ4n) is 1.21. The first-order valence-corrected chi connectivity index (χ1v) is 5.87. The zero-order valence-electron chi connectivity index (χ0n) is 8.89. The molecule has 2 nitrogen and oxygen atoms in total. The topological polar surface area (TPSA) is 29.1 Å². The second kappa shape index (κ2) is 6.11. The van der Waals surface area contributed by atoms with Gasteiger partial charge in [0.15, 0.2) is 0 Å². The molecule has 1 amide bonds. The number of carbonyl (C=O) groups excluding carboxylic acids is 1. The van der Waals surface area contributed by atoms with Gasteiger partial charge in [0, 0.05) is 18.0 Å². The number of carbonyl (C=O) groups is 1. The molecule has 0 spiro atoms. The summed E-state index contributed by atoms with van der Waals surface area (Å²) in [5.74, 6) is 0.0526. The lowest BCUT2D eigenvalue weighted by atomic mass is 10.1. The highest BCUT2D eigenvalue weighted by Crippen LogP contribution is 2.20. The average Bonchev–Trinajstić information content (AvgIpc) is 2.22. The molecule has 1 aromatic rings. The third-order valence-electron chi connectivity index (χ3n) is 2.14. The van der Waals surface area contributed by atoms with Crippen LogP contribution >= 0.6 is 24.2 Å². The number of aryl methyl sites for hydroxylation is 1. The molecule has 0 saturated heterocycles. The van der Waals surface area contributed by atoms with E-state index in [1.807, 2.05) is 0 Å². The van der Waals surface area contributed by atoms with Crippen molar-refractivity contribution in [2.24, 2.45) is 0 Å². The summed E-state index contributed by atoms with van der Waals surface area (Å²) in [5.41, 5.74) is 1.08. The molecule has 0 bridgehead atoms. The lowest BCUT2D eigenvalue weighted by molar-refractivity contribution is -0.120. The highest BCUT2D eigenvalue weighted by Gasteiger charge is 2.07. The van der Waals surface area contributed by atoms with Crippen LogP contribution in [0.5, 0.6) is 0 Å². The third kappa shape index (κ3) is 3.68. The van der Waals surface area contributed by atoms with Gasteiger partial charge in [-0.1, -0.05) is 11.6 Å². The Hall–Kier alpha value is -0.740. The Balaban J connectivity index is 2.67. The van der Waals surface area contributed by atoms with Crippen molar-refractivity contribution in [3.05, 3.63) is 34.1 Å². The molecular weight excluding hydrogens is 249 g/mol. The van der Waals surface area contributed by atoms with Gasteiger partial charge in [0.25, 0.3) is 0 Å². The standard InChI is InChI=1S/C11H13ClFNOS/c1-7-4-9(12)8(5-10(7)13)6-14-11(15)2-3-16/h4-5,16H,2-3,6H2,1H3,(H,14,15). The van der Waals surface area contributed by atoms with Crippen LogP contribution in [0.3, 0.4) is 0 Å². The second-order valence-corrected chi connectivity index (χ2v) is 4.30. The predicted octanol–water partition coefficient (Wildman–Crippen LogP) is 2.72. The smallest absolute Gasteiger partial charge is 0.221 e. The molecule has 0 heterocycles. The van der Waals surface area contributed by atoms with E-state index in [9.17, 15) is 9.18 Å². The maximum Gasteiger partial charge on any atom is 0.221 e. The summed E-state index contributed by atoms with van der Waals surface area (Å²) in [6.45, 7) is 1.88. The largest absolute Gasteiger partial charge is 0.352 e. The van der Waals surface area contributed by atoms with Crippen molar-refractivity contribution >= 4 is 30.1 Å². The molecule has 0 saturated carbocycles. The van der Waals surface area contributed by atoms with Gasteiger partial charge in [0.2, 0.25) is 5.91 Å². The first-order chi connectivity index (χ1) is 7.54. The normalized spacial score (nSPS) is 10.2. The van der Waals surface area contributed by atoms with Gasteiger partial charge in [0.05, 0.1) is 0 Å². The van der Waals surface area contributed by atoms with E-state index in [4.69, 9.17) is 11.6 Å². The summed E-state index contributed by atoms with van der Waals surface area (Å²) < 4.78 is 13.2. The van der Waals surface area contributed by atoms with Crippen LogP contribution in [-0.4, -0.2) is 11.7 Å². The van der Waals surface area contributed by atoms with Gasteiger partial charge in [-0.05, 0) is 35.9 Å². The average molecular weight is 262 g/mol. The van der Waals surface area contributed by atoms with Crippen molar-refractivity contribution in [3.63, 3.8) is 0 Å². The lowest BCUT2D eigenvalue weighted by Gasteiger charge is -2.08. The van der Waals surface area contributed by atoms with Crippen molar-refractivity contribution in [3.8, 4) is 0 Å². The van der Waals surface area contributed by atoms with E-state index in [1.54, 1.807) is 13.0 Å². The highest BCUT2D eigenvalue weighted by molar-refractivity contribution is 7.80. The van der Waals surface area contributed by atoms with Crippen LogP contribution in [-0.2, 0) is 11.3 Å². The van der Waals surface area contributed by atoms with Gasteiger partial charge in [-0.25, -0.2) is 4.39 Å². The first kappa shape index (κ1) is 13.3. The molecule has 0 unspecified atom stereocenters. The predicted molar refractivity (Wildman–Crippen MR) is 66.5 cm³/mol. The zero-order valence-corrected chi connectivity index (χ0v) is 10.5. The second-order valence-electron chi connectivity index (χ2n) is 3.44. The van der Waals surface area contributed by atoms with E-state index in [2.05, 4.69) is 17.9 Å². The number of nitrogens with one attached hydrogen (secondary N) is 1. The van der Waals surface area contributed by atoms with Crippen LogP contribution in [0.1, 0.15) is 17.5 Å². The minimum absolute atomic E-state index is 0.118. The molecule has 1 rings (SSSR count). The monoisotopic (exact) mass is 261 g/mol. The van der Waals surface area contributed by atoms with Crippen molar-refractivity contribution in [1.29, 1.82) is 0 Å². The van der Waals surface area contributed by atoms with Gasteiger partial charge in [-0.2, -0.15) is 12.6 Å². The molecular formula is C11H13ClFNOS. The molecule has 1 N–H and O–H groups in total. The molecule has 0 aliphatic rings. The lowest BCUT2D eigenvalue weighted by Crippen LogP contribution is -2.23. The number of halogens is 2. The molecule has 88 valence electrons. The van der Waals surface area contributed by atoms with Crippen molar-refractivity contribution < 1.29 is 9.18 Å². The number of rotatable bonds is 4. The summed E-state index contributed by atoms with van der Waals surface area (Å²) in [4.78, 5) is 11.2. The van der Waals surface area contributed by atoms with E-state index in [-0.39, 0.29) is 18.3 Å². The van der Waals surface area contributed by atoms with E-state index in [0.29, 0.717) is 28.3 Å². The number of hydrogen-bond donors (Lipinski definition) is 2. The number of hydrogen-bond acceptors (Lipinski definition) is 2. The van der Waals surface area contributed by atoms with E-state index in [1.165, 1.54) is 6.07 Å². The first-order valence-electron chi connectivity index (χ1n) is 4.86. The van der Waals surface area contributed by atoms with Gasteiger partial charge in [-0.15, -0.1) is 0 Å². The minimum atomic E-state index is -0.317. The molecule has 0 atom stereocenters. The van der Waals surface area contributed by atoms with Crippen molar-refractivity contribution in [1.82, 2.24) is 5.32 Å². The van der Waals surface area contributed by atoms with Crippen molar-refractivity contribution in [2.75, 3.05) is 5.75 Å². The van der Waals surface area contributed by atoms with Crippen molar-refractivity contribution in [2.45, 2.75) is 19.9 Å². The van der Waals surface area contributed by atoms with Crippen LogP contribution in [0, 0.1) is 12.7 Å². The Labute approximate surface area is 105 Å². The van der Waals surface area contributed by atoms with Gasteiger partial charge in [-0.3, -0.25) is 4.79 Å². The summed E-state index contributed by atoms with van der Waals surface area (Å²) >= 11 is 9.87. The Morgan fingerprint density at radius 1 is 1.56 bits per heavy atom. The number of thiol groups is 1. The number of amides is 1. The van der Waals surface area contributed by atoms with E-state index < -0.39 is 0 Å². The van der Waals surface area contributed by atoms with Crippen LogP contribution in [0.15, 0.2) is 12.1 Å². The zero-order chi connectivity index (χ0) is 12.1. The van der Waals surface area contributed by atoms with Crippen LogP contribution in [0.4, 0.5) is 4.39 Å². The summed E-state index contributed by atoms with van der Waals surface area (Å²) in [6, 6.07) is 2.90. The van der Waals surface area contributed by atoms with E-state index >= 15 is 0 Å². The summed E-state index contributed by atoms with van der Waals surface area (Å²) in [5, 5.41) is 3.11. The fourth-order valence-corrected chi connectivity index (χ4v) is 1.69. The maximum atomic E-state index is 13.2. The summed E-state index contributed by atoms with van der Waals surface area (Å²) in [6.07, 6.45) is 0.342. The molecule has 0 aliphatic carbocycles. The molecule has 0 aliphatic heterocycles. The maximum absolute atomic E-state index is 13.2. The Kier molecular flexibility index (Phi) is 5.09. The number of benzene rings is 1. The van der Waals surface area contributed by atoms with Gasteiger partial charge >= 0.3 is 0 Å². The Bertz CT molecular complexity index is 398. The van der Waals surface area contributed by atoms with Gasteiger partial charge < -0.3 is 5.32 Å². The Morgan fingerprint density at radius 2 is 2.25 bits per heavy atom.